The molecule has 4 N–H and O–H groups in total. The number of phenolic OH excluding ortho intramolecular Hbond substituents is 1. The second kappa shape index (κ2) is 4.06. The quantitative estimate of drug-likeness (QED) is 0.665. The number of hydrogen-bond acceptors (Lipinski definition) is 4. The SMILES string of the molecule is N[C@H]1C[C@@H](C(=O)O)N(c2ccc(O)cc2)C1=O. The van der Waals surface area contributed by atoms with Crippen molar-refractivity contribution in [3.05, 3.63) is 24.3 Å². The van der Waals surface area contributed by atoms with Crippen molar-refractivity contribution < 1.29 is 19.8 Å². The van der Waals surface area contributed by atoms with Gasteiger partial charge >= 0.3 is 5.97 Å². The molecule has 17 heavy (non-hydrogen) atoms. The molecule has 1 aromatic carbocycles. The monoisotopic (exact) mass is 236 g/mol. The summed E-state index contributed by atoms with van der Waals surface area (Å²) in [6, 6.07) is 4.03. The average molecular weight is 236 g/mol. The molecule has 0 unspecified atom stereocenters. The van der Waals surface area contributed by atoms with Crippen molar-refractivity contribution in [1.29, 1.82) is 0 Å². The van der Waals surface area contributed by atoms with Crippen molar-refractivity contribution in [2.75, 3.05) is 4.90 Å². The molecule has 6 nitrogen and oxygen atoms in total. The fourth-order valence-electron chi connectivity index (χ4n) is 1.91. The molecular formula is C11H12N2O4. The van der Waals surface area contributed by atoms with E-state index in [1.54, 1.807) is 0 Å². The molecule has 1 saturated heterocycles. The molecule has 1 aromatic rings. The maximum absolute atomic E-state index is 11.8. The number of carboxylic acids is 1. The number of phenols is 1. The van der Waals surface area contributed by atoms with E-state index in [4.69, 9.17) is 15.9 Å². The average Bonchev–Trinajstić information content (AvgIpc) is 2.57. The van der Waals surface area contributed by atoms with Crippen LogP contribution in [-0.4, -0.2) is 34.2 Å². The Balaban J connectivity index is 2.37. The molecular weight excluding hydrogens is 224 g/mol. The molecule has 0 bridgehead atoms. The molecule has 1 aliphatic heterocycles. The highest BCUT2D eigenvalue weighted by Gasteiger charge is 2.42. The number of anilines is 1. The maximum atomic E-state index is 11.8. The van der Waals surface area contributed by atoms with Gasteiger partial charge in [0.25, 0.3) is 0 Å². The maximum Gasteiger partial charge on any atom is 0.326 e. The van der Waals surface area contributed by atoms with Crippen molar-refractivity contribution in [2.45, 2.75) is 18.5 Å². The Morgan fingerprint density at radius 3 is 2.47 bits per heavy atom. The highest BCUT2D eigenvalue weighted by Crippen LogP contribution is 2.27. The lowest BCUT2D eigenvalue weighted by Gasteiger charge is -2.21. The minimum atomic E-state index is -1.08. The first-order chi connectivity index (χ1) is 8.00. The normalized spacial score (nSPS) is 24.1. The van der Waals surface area contributed by atoms with Crippen molar-refractivity contribution in [1.82, 2.24) is 0 Å². The van der Waals surface area contributed by atoms with E-state index < -0.39 is 24.0 Å². The Morgan fingerprint density at radius 1 is 1.35 bits per heavy atom. The summed E-state index contributed by atoms with van der Waals surface area (Å²) in [4.78, 5) is 24.0. The van der Waals surface area contributed by atoms with Gasteiger partial charge in [-0.25, -0.2) is 4.79 Å². The first-order valence-corrected chi connectivity index (χ1v) is 5.11. The van der Waals surface area contributed by atoms with E-state index in [-0.39, 0.29) is 12.2 Å². The van der Waals surface area contributed by atoms with Gasteiger partial charge in [0.2, 0.25) is 5.91 Å². The highest BCUT2D eigenvalue weighted by molar-refractivity contribution is 6.05. The molecule has 90 valence electrons. The summed E-state index contributed by atoms with van der Waals surface area (Å²) < 4.78 is 0. The summed E-state index contributed by atoms with van der Waals surface area (Å²) in [5, 5.41) is 18.2. The Morgan fingerprint density at radius 2 is 1.94 bits per heavy atom. The second-order valence-corrected chi connectivity index (χ2v) is 3.92. The number of benzene rings is 1. The zero-order valence-corrected chi connectivity index (χ0v) is 8.91. The molecule has 1 amide bonds. The zero-order chi connectivity index (χ0) is 12.6. The van der Waals surface area contributed by atoms with Crippen LogP contribution in [0.5, 0.6) is 5.75 Å². The third-order valence-electron chi connectivity index (χ3n) is 2.76. The lowest BCUT2D eigenvalue weighted by Crippen LogP contribution is -2.40. The van der Waals surface area contributed by atoms with Crippen LogP contribution in [0, 0.1) is 0 Å². The van der Waals surface area contributed by atoms with Crippen LogP contribution in [0.2, 0.25) is 0 Å². The Labute approximate surface area is 97.3 Å². The largest absolute Gasteiger partial charge is 0.508 e. The number of hydrogen-bond donors (Lipinski definition) is 3. The fourth-order valence-corrected chi connectivity index (χ4v) is 1.91. The Hall–Kier alpha value is -2.08. The van der Waals surface area contributed by atoms with Crippen molar-refractivity contribution in [3.63, 3.8) is 0 Å². The van der Waals surface area contributed by atoms with Crippen LogP contribution >= 0.6 is 0 Å². The van der Waals surface area contributed by atoms with E-state index >= 15 is 0 Å². The predicted molar refractivity (Wildman–Crippen MR) is 59.6 cm³/mol. The summed E-state index contributed by atoms with van der Waals surface area (Å²) in [7, 11) is 0. The first kappa shape index (κ1) is 11.4. The molecule has 1 fully saturated rings. The van der Waals surface area contributed by atoms with E-state index in [0.29, 0.717) is 5.69 Å². The van der Waals surface area contributed by atoms with Crippen LogP contribution in [0.4, 0.5) is 5.69 Å². The van der Waals surface area contributed by atoms with Crippen LogP contribution < -0.4 is 10.6 Å². The summed E-state index contributed by atoms with van der Waals surface area (Å²) in [5.74, 6) is -1.45. The topological polar surface area (TPSA) is 104 Å². The smallest absolute Gasteiger partial charge is 0.326 e. The molecule has 1 heterocycles. The molecule has 1 aliphatic rings. The van der Waals surface area contributed by atoms with Gasteiger partial charge in [-0.15, -0.1) is 0 Å². The van der Waals surface area contributed by atoms with E-state index in [0.717, 1.165) is 4.90 Å². The van der Waals surface area contributed by atoms with E-state index in [1.165, 1.54) is 24.3 Å². The van der Waals surface area contributed by atoms with Crippen LogP contribution in [0.25, 0.3) is 0 Å². The molecule has 0 saturated carbocycles. The van der Waals surface area contributed by atoms with Gasteiger partial charge in [-0.3, -0.25) is 9.69 Å². The van der Waals surface area contributed by atoms with Gasteiger partial charge in [-0.05, 0) is 24.3 Å². The van der Waals surface area contributed by atoms with E-state index in [2.05, 4.69) is 0 Å². The van der Waals surface area contributed by atoms with E-state index in [9.17, 15) is 9.59 Å². The molecule has 6 heteroatoms. The lowest BCUT2D eigenvalue weighted by atomic mass is 10.2. The van der Waals surface area contributed by atoms with Crippen LogP contribution in [0.3, 0.4) is 0 Å². The standard InChI is InChI=1S/C11H12N2O4/c12-8-5-9(11(16)17)13(10(8)15)6-1-3-7(14)4-2-6/h1-4,8-9,14H,5,12H2,(H,16,17)/t8-,9-/m0/s1. The van der Waals surface area contributed by atoms with E-state index in [1.807, 2.05) is 0 Å². The van der Waals surface area contributed by atoms with Gasteiger partial charge in [0.15, 0.2) is 0 Å². The molecule has 0 aliphatic carbocycles. The van der Waals surface area contributed by atoms with Gasteiger partial charge in [-0.1, -0.05) is 0 Å². The number of carbonyl (C=O) groups excluding carboxylic acids is 1. The van der Waals surface area contributed by atoms with Gasteiger partial charge < -0.3 is 15.9 Å². The lowest BCUT2D eigenvalue weighted by molar-refractivity contribution is -0.138. The van der Waals surface area contributed by atoms with Gasteiger partial charge in [-0.2, -0.15) is 0 Å². The molecule has 0 spiro atoms. The Bertz CT molecular complexity index is 457. The van der Waals surface area contributed by atoms with Crippen LogP contribution in [0.1, 0.15) is 6.42 Å². The van der Waals surface area contributed by atoms with Crippen molar-refractivity contribution in [2.24, 2.45) is 5.73 Å². The zero-order valence-electron chi connectivity index (χ0n) is 8.91. The number of aromatic hydroxyl groups is 1. The minimum Gasteiger partial charge on any atom is -0.508 e. The van der Waals surface area contributed by atoms with Crippen molar-refractivity contribution >= 4 is 17.6 Å². The number of carboxylic acid groups (broad SMARTS) is 1. The predicted octanol–water partition coefficient (Wildman–Crippen LogP) is -0.0906. The Kier molecular flexibility index (Phi) is 2.72. The first-order valence-electron chi connectivity index (χ1n) is 5.11. The van der Waals surface area contributed by atoms with Gasteiger partial charge in [0.05, 0.1) is 6.04 Å². The number of nitrogens with zero attached hydrogens (tertiary/aromatic N) is 1. The summed E-state index contributed by atoms with van der Waals surface area (Å²) in [5.41, 5.74) is 5.98. The third-order valence-corrected chi connectivity index (χ3v) is 2.76. The van der Waals surface area contributed by atoms with Gasteiger partial charge in [0, 0.05) is 12.1 Å². The third kappa shape index (κ3) is 1.94. The molecule has 2 rings (SSSR count). The summed E-state index contributed by atoms with van der Waals surface area (Å²) in [6.07, 6.45) is 0.0923. The highest BCUT2D eigenvalue weighted by atomic mass is 16.4. The van der Waals surface area contributed by atoms with Gasteiger partial charge in [0.1, 0.15) is 11.8 Å². The number of nitrogens with two attached hydrogens (primary N) is 1. The van der Waals surface area contributed by atoms with Crippen LogP contribution in [0.15, 0.2) is 24.3 Å². The van der Waals surface area contributed by atoms with Crippen LogP contribution in [-0.2, 0) is 9.59 Å². The molecule has 0 aromatic heterocycles. The number of rotatable bonds is 2. The summed E-state index contributed by atoms with van der Waals surface area (Å²) >= 11 is 0. The molecule has 0 radical (unpaired) electrons. The number of amides is 1. The number of aliphatic carboxylic acids is 1. The fraction of sp³-hybridized carbons (Fsp3) is 0.273. The summed E-state index contributed by atoms with van der Waals surface area (Å²) in [6.45, 7) is 0. The molecule has 2 atom stereocenters. The van der Waals surface area contributed by atoms with Crippen molar-refractivity contribution in [3.8, 4) is 5.75 Å². The minimum absolute atomic E-state index is 0.0524. The number of carbonyl (C=O) groups is 2. The second-order valence-electron chi connectivity index (χ2n) is 3.92.